The fraction of sp³-hybridized carbons (Fsp3) is 0.0769. The lowest BCUT2D eigenvalue weighted by Gasteiger charge is -2.09. The highest BCUT2D eigenvalue weighted by Gasteiger charge is 2.11. The average molecular weight is 262 g/mol. The van der Waals surface area contributed by atoms with Crippen LogP contribution in [0.1, 0.15) is 16.1 Å². The summed E-state index contributed by atoms with van der Waals surface area (Å²) in [5.41, 5.74) is 7.83. The van der Waals surface area contributed by atoms with Gasteiger partial charge in [-0.2, -0.15) is 0 Å². The van der Waals surface area contributed by atoms with Gasteiger partial charge < -0.3 is 11.1 Å². The Labute approximate surface area is 110 Å². The van der Waals surface area contributed by atoms with Crippen LogP contribution in [0.4, 0.5) is 11.4 Å². The first-order chi connectivity index (χ1) is 8.58. The molecule has 1 amide bonds. The Balaban J connectivity index is 2.24. The number of hydrogen-bond donors (Lipinski definition) is 2. The van der Waals surface area contributed by atoms with Crippen LogP contribution in [0.25, 0.3) is 0 Å². The molecule has 18 heavy (non-hydrogen) atoms. The zero-order valence-electron chi connectivity index (χ0n) is 9.77. The molecule has 1 heterocycles. The molecular formula is C13H12ClN3O. The van der Waals surface area contributed by atoms with E-state index in [4.69, 9.17) is 17.3 Å². The highest BCUT2D eigenvalue weighted by Crippen LogP contribution is 2.20. The lowest BCUT2D eigenvalue weighted by atomic mass is 10.2. The lowest BCUT2D eigenvalue weighted by molar-refractivity contribution is 0.102. The van der Waals surface area contributed by atoms with Gasteiger partial charge in [-0.25, -0.2) is 4.98 Å². The Morgan fingerprint density at radius 2 is 2.17 bits per heavy atom. The van der Waals surface area contributed by atoms with E-state index in [1.54, 1.807) is 30.3 Å². The molecule has 0 aliphatic rings. The Bertz CT molecular complexity index is 599. The zero-order valence-corrected chi connectivity index (χ0v) is 10.5. The fourth-order valence-electron chi connectivity index (χ4n) is 1.56. The maximum Gasteiger partial charge on any atom is 0.276 e. The van der Waals surface area contributed by atoms with Crippen LogP contribution in [0.3, 0.4) is 0 Å². The molecule has 0 bridgehead atoms. The number of pyridine rings is 1. The van der Waals surface area contributed by atoms with Gasteiger partial charge in [0.05, 0.1) is 5.69 Å². The van der Waals surface area contributed by atoms with Crippen molar-refractivity contribution in [2.24, 2.45) is 0 Å². The molecule has 0 radical (unpaired) electrons. The van der Waals surface area contributed by atoms with Gasteiger partial charge in [-0.3, -0.25) is 4.79 Å². The van der Waals surface area contributed by atoms with Gasteiger partial charge in [0.25, 0.3) is 5.91 Å². The van der Waals surface area contributed by atoms with Crippen molar-refractivity contribution in [2.75, 3.05) is 11.1 Å². The van der Waals surface area contributed by atoms with E-state index < -0.39 is 0 Å². The molecule has 5 heteroatoms. The minimum Gasteiger partial charge on any atom is -0.397 e. The maximum absolute atomic E-state index is 12.0. The number of nitrogens with zero attached hydrogens (tertiary/aromatic N) is 1. The van der Waals surface area contributed by atoms with E-state index in [-0.39, 0.29) is 11.6 Å². The van der Waals surface area contributed by atoms with Crippen molar-refractivity contribution in [1.82, 2.24) is 4.98 Å². The number of rotatable bonds is 2. The molecule has 0 atom stereocenters. The molecule has 1 aromatic heterocycles. The average Bonchev–Trinajstić information content (AvgIpc) is 2.33. The smallest absolute Gasteiger partial charge is 0.276 e. The monoisotopic (exact) mass is 261 g/mol. The van der Waals surface area contributed by atoms with E-state index >= 15 is 0 Å². The van der Waals surface area contributed by atoms with Gasteiger partial charge in [-0.1, -0.05) is 11.6 Å². The van der Waals surface area contributed by atoms with Crippen LogP contribution in [0, 0.1) is 6.92 Å². The number of nitrogens with two attached hydrogens (primary N) is 1. The van der Waals surface area contributed by atoms with E-state index in [1.807, 2.05) is 6.92 Å². The van der Waals surface area contributed by atoms with Gasteiger partial charge in [-0.15, -0.1) is 0 Å². The second kappa shape index (κ2) is 5.06. The first-order valence-corrected chi connectivity index (χ1v) is 5.73. The fourth-order valence-corrected chi connectivity index (χ4v) is 1.78. The molecule has 0 saturated heterocycles. The number of halogens is 1. The number of amides is 1. The Morgan fingerprint density at radius 3 is 2.83 bits per heavy atom. The van der Waals surface area contributed by atoms with Crippen LogP contribution in [0.15, 0.2) is 36.5 Å². The van der Waals surface area contributed by atoms with E-state index in [1.165, 1.54) is 6.20 Å². The third kappa shape index (κ3) is 2.60. The van der Waals surface area contributed by atoms with E-state index in [2.05, 4.69) is 10.3 Å². The first kappa shape index (κ1) is 12.4. The maximum atomic E-state index is 12.0. The molecule has 0 fully saturated rings. The molecule has 4 nitrogen and oxygen atoms in total. The molecule has 2 aromatic rings. The molecule has 3 N–H and O–H groups in total. The predicted octanol–water partition coefficient (Wildman–Crippen LogP) is 2.88. The van der Waals surface area contributed by atoms with Gasteiger partial charge in [-0.05, 0) is 42.8 Å². The molecule has 1 aromatic carbocycles. The highest BCUT2D eigenvalue weighted by atomic mass is 35.5. The van der Waals surface area contributed by atoms with Crippen molar-refractivity contribution < 1.29 is 4.79 Å². The van der Waals surface area contributed by atoms with E-state index in [0.717, 1.165) is 5.56 Å². The third-order valence-corrected chi connectivity index (χ3v) is 2.73. The number of nitrogen functional groups attached to an aromatic ring is 1. The minimum atomic E-state index is -0.335. The largest absolute Gasteiger partial charge is 0.397 e. The van der Waals surface area contributed by atoms with Crippen molar-refractivity contribution in [3.8, 4) is 0 Å². The molecule has 92 valence electrons. The van der Waals surface area contributed by atoms with Crippen LogP contribution in [-0.2, 0) is 0 Å². The van der Waals surface area contributed by atoms with Crippen LogP contribution in [-0.4, -0.2) is 10.9 Å². The van der Waals surface area contributed by atoms with Crippen LogP contribution in [0.2, 0.25) is 5.02 Å². The second-order valence-corrected chi connectivity index (χ2v) is 4.29. The third-order valence-electron chi connectivity index (χ3n) is 2.49. The van der Waals surface area contributed by atoms with Crippen molar-refractivity contribution in [3.05, 3.63) is 52.8 Å². The summed E-state index contributed by atoms with van der Waals surface area (Å²) < 4.78 is 0. The number of nitrogens with one attached hydrogen (secondary N) is 1. The number of hydrogen-bond acceptors (Lipinski definition) is 3. The zero-order chi connectivity index (χ0) is 13.1. The van der Waals surface area contributed by atoms with Crippen molar-refractivity contribution >= 4 is 28.9 Å². The van der Waals surface area contributed by atoms with Crippen LogP contribution in [0.5, 0.6) is 0 Å². The second-order valence-electron chi connectivity index (χ2n) is 3.85. The molecule has 0 spiro atoms. The van der Waals surface area contributed by atoms with E-state index in [9.17, 15) is 4.79 Å². The summed E-state index contributed by atoms with van der Waals surface area (Å²) in [6.45, 7) is 1.86. The normalized spacial score (nSPS) is 10.1. The quantitative estimate of drug-likeness (QED) is 0.873. The Hall–Kier alpha value is -2.07. The SMILES string of the molecule is Cc1cc(Cl)ccc1NC(=O)c1ncccc1N. The summed E-state index contributed by atoms with van der Waals surface area (Å²) in [4.78, 5) is 15.9. The number of aryl methyl sites for hydroxylation is 1. The summed E-state index contributed by atoms with van der Waals surface area (Å²) >= 11 is 5.85. The van der Waals surface area contributed by atoms with Gasteiger partial charge >= 0.3 is 0 Å². The number of benzene rings is 1. The van der Waals surface area contributed by atoms with Crippen molar-refractivity contribution in [1.29, 1.82) is 0 Å². The Morgan fingerprint density at radius 1 is 1.39 bits per heavy atom. The van der Waals surface area contributed by atoms with Crippen molar-refractivity contribution in [3.63, 3.8) is 0 Å². The van der Waals surface area contributed by atoms with Gasteiger partial charge in [0, 0.05) is 16.9 Å². The van der Waals surface area contributed by atoms with Crippen molar-refractivity contribution in [2.45, 2.75) is 6.92 Å². The van der Waals surface area contributed by atoms with Gasteiger partial charge in [0.15, 0.2) is 5.69 Å². The summed E-state index contributed by atoms with van der Waals surface area (Å²) in [7, 11) is 0. The number of anilines is 2. The lowest BCUT2D eigenvalue weighted by Crippen LogP contribution is -2.16. The number of aromatic nitrogens is 1. The summed E-state index contributed by atoms with van der Waals surface area (Å²) in [5.74, 6) is -0.335. The number of carbonyl (C=O) groups is 1. The topological polar surface area (TPSA) is 68.0 Å². The van der Waals surface area contributed by atoms with Crippen LogP contribution >= 0.6 is 11.6 Å². The molecule has 0 saturated carbocycles. The molecule has 2 rings (SSSR count). The first-order valence-electron chi connectivity index (χ1n) is 5.36. The highest BCUT2D eigenvalue weighted by molar-refractivity contribution is 6.30. The van der Waals surface area contributed by atoms with E-state index in [0.29, 0.717) is 16.4 Å². The molecule has 0 unspecified atom stereocenters. The minimum absolute atomic E-state index is 0.215. The van der Waals surface area contributed by atoms with Crippen LogP contribution < -0.4 is 11.1 Å². The predicted molar refractivity (Wildman–Crippen MR) is 72.8 cm³/mol. The summed E-state index contributed by atoms with van der Waals surface area (Å²) in [6, 6.07) is 8.55. The molecule has 0 aliphatic carbocycles. The molecular weight excluding hydrogens is 250 g/mol. The van der Waals surface area contributed by atoms with Gasteiger partial charge in [0.2, 0.25) is 0 Å². The standard InChI is InChI=1S/C13H12ClN3O/c1-8-7-9(14)4-5-11(8)17-13(18)12-10(15)3-2-6-16-12/h2-7H,15H2,1H3,(H,17,18). The summed E-state index contributed by atoms with van der Waals surface area (Å²) in [6.07, 6.45) is 1.53. The summed E-state index contributed by atoms with van der Waals surface area (Å²) in [5, 5.41) is 3.38. The molecule has 0 aliphatic heterocycles. The number of carbonyl (C=O) groups excluding carboxylic acids is 1. The Kier molecular flexibility index (Phi) is 3.48. The van der Waals surface area contributed by atoms with Gasteiger partial charge in [0.1, 0.15) is 0 Å².